The summed E-state index contributed by atoms with van der Waals surface area (Å²) in [4.78, 5) is 4.03. The number of hydrogen-bond donors (Lipinski definition) is 3. The second kappa shape index (κ2) is 7.04. The van der Waals surface area contributed by atoms with Gasteiger partial charge in [0.1, 0.15) is 0 Å². The zero-order valence-electron chi connectivity index (χ0n) is 12.3. The van der Waals surface area contributed by atoms with Gasteiger partial charge in [-0.05, 0) is 43.6 Å². The van der Waals surface area contributed by atoms with Crippen molar-refractivity contribution in [1.82, 2.24) is 10.3 Å². The minimum Gasteiger partial charge on any atom is -0.384 e. The summed E-state index contributed by atoms with van der Waals surface area (Å²) in [6, 6.07) is 4.69. The van der Waals surface area contributed by atoms with Crippen molar-refractivity contribution < 1.29 is 8.42 Å². The SMILES string of the molecule is O=S(=O)(Nc1nccs1)c1ccc(NC[C@H]2CCNC2)c(Cl)c1. The number of halogens is 1. The van der Waals surface area contributed by atoms with Gasteiger partial charge in [-0.1, -0.05) is 11.6 Å². The fourth-order valence-electron chi connectivity index (χ4n) is 2.40. The molecule has 0 amide bonds. The minimum absolute atomic E-state index is 0.116. The van der Waals surface area contributed by atoms with Gasteiger partial charge in [-0.25, -0.2) is 13.4 Å². The van der Waals surface area contributed by atoms with E-state index in [9.17, 15) is 8.42 Å². The molecule has 1 saturated heterocycles. The fourth-order valence-corrected chi connectivity index (χ4v) is 4.52. The lowest BCUT2D eigenvalue weighted by Crippen LogP contribution is -2.17. The van der Waals surface area contributed by atoms with Crippen molar-refractivity contribution in [3.8, 4) is 0 Å². The third-order valence-corrected chi connectivity index (χ3v) is 6.12. The van der Waals surface area contributed by atoms with Crippen LogP contribution in [0.25, 0.3) is 0 Å². The summed E-state index contributed by atoms with van der Waals surface area (Å²) in [5.74, 6) is 0.570. The standard InChI is InChI=1S/C14H17ClN4O2S2/c15-12-7-11(23(20,21)19-14-17-5-6-22-14)1-2-13(12)18-9-10-3-4-16-8-10/h1-2,5-7,10,16,18H,3-4,8-9H2,(H,17,19)/t10-/m0/s1. The van der Waals surface area contributed by atoms with Crippen LogP contribution in [-0.4, -0.2) is 33.0 Å². The summed E-state index contributed by atoms with van der Waals surface area (Å²) in [6.45, 7) is 2.85. The van der Waals surface area contributed by atoms with Gasteiger partial charge in [-0.15, -0.1) is 11.3 Å². The average molecular weight is 373 g/mol. The lowest BCUT2D eigenvalue weighted by molar-refractivity contribution is 0.601. The molecule has 2 heterocycles. The lowest BCUT2D eigenvalue weighted by Gasteiger charge is -2.13. The Hall–Kier alpha value is -1.35. The molecule has 3 rings (SSSR count). The first-order valence-corrected chi connectivity index (χ1v) is 9.95. The third kappa shape index (κ3) is 4.14. The summed E-state index contributed by atoms with van der Waals surface area (Å²) in [5, 5.41) is 9.01. The van der Waals surface area contributed by atoms with Crippen molar-refractivity contribution >= 4 is 43.8 Å². The Morgan fingerprint density at radius 1 is 1.43 bits per heavy atom. The van der Waals surface area contributed by atoms with Crippen molar-refractivity contribution in [3.63, 3.8) is 0 Å². The van der Waals surface area contributed by atoms with E-state index >= 15 is 0 Å². The molecule has 9 heteroatoms. The van der Waals surface area contributed by atoms with E-state index in [0.717, 1.165) is 31.7 Å². The van der Waals surface area contributed by atoms with Crippen LogP contribution in [0.1, 0.15) is 6.42 Å². The van der Waals surface area contributed by atoms with Crippen LogP contribution in [0.3, 0.4) is 0 Å². The number of nitrogens with zero attached hydrogens (tertiary/aromatic N) is 1. The van der Waals surface area contributed by atoms with E-state index < -0.39 is 10.0 Å². The maximum absolute atomic E-state index is 12.3. The first-order chi connectivity index (χ1) is 11.0. The number of thiazole rings is 1. The van der Waals surface area contributed by atoms with Crippen molar-refractivity contribution in [1.29, 1.82) is 0 Å². The first-order valence-electron chi connectivity index (χ1n) is 7.21. The quantitative estimate of drug-likeness (QED) is 0.726. The molecule has 23 heavy (non-hydrogen) atoms. The van der Waals surface area contributed by atoms with Crippen molar-refractivity contribution in [2.45, 2.75) is 11.3 Å². The Bertz CT molecular complexity index is 759. The van der Waals surface area contributed by atoms with Crippen LogP contribution in [0, 0.1) is 5.92 Å². The highest BCUT2D eigenvalue weighted by Crippen LogP contribution is 2.27. The summed E-state index contributed by atoms with van der Waals surface area (Å²) in [7, 11) is -3.68. The monoisotopic (exact) mass is 372 g/mol. The Kier molecular flexibility index (Phi) is 5.05. The fraction of sp³-hybridized carbons (Fsp3) is 0.357. The van der Waals surface area contributed by atoms with E-state index in [0.29, 0.717) is 16.1 Å². The van der Waals surface area contributed by atoms with E-state index in [1.807, 2.05) is 0 Å². The van der Waals surface area contributed by atoms with Crippen LogP contribution in [-0.2, 0) is 10.0 Å². The summed E-state index contributed by atoms with van der Waals surface area (Å²) in [5.41, 5.74) is 0.742. The van der Waals surface area contributed by atoms with E-state index in [2.05, 4.69) is 20.3 Å². The van der Waals surface area contributed by atoms with Gasteiger partial charge < -0.3 is 10.6 Å². The number of sulfonamides is 1. The molecule has 0 unspecified atom stereocenters. The molecule has 1 aliphatic rings. The van der Waals surface area contributed by atoms with E-state index in [1.165, 1.54) is 23.5 Å². The average Bonchev–Trinajstić information content (AvgIpc) is 3.19. The molecular formula is C14H17ClN4O2S2. The molecule has 1 fully saturated rings. The van der Waals surface area contributed by atoms with Gasteiger partial charge >= 0.3 is 0 Å². The number of hydrogen-bond acceptors (Lipinski definition) is 6. The third-order valence-electron chi connectivity index (χ3n) is 3.65. The molecule has 6 nitrogen and oxygen atoms in total. The number of aromatic nitrogens is 1. The zero-order chi connectivity index (χ0) is 16.3. The number of anilines is 2. The molecular weight excluding hydrogens is 356 g/mol. The normalized spacial score (nSPS) is 18.0. The van der Waals surface area contributed by atoms with Gasteiger partial charge in [0.25, 0.3) is 10.0 Å². The van der Waals surface area contributed by atoms with Gasteiger partial charge in [-0.2, -0.15) is 0 Å². The van der Waals surface area contributed by atoms with Crippen LogP contribution in [0.4, 0.5) is 10.8 Å². The van der Waals surface area contributed by atoms with Gasteiger partial charge in [-0.3, -0.25) is 4.72 Å². The Morgan fingerprint density at radius 2 is 2.30 bits per heavy atom. The molecule has 1 aromatic heterocycles. The summed E-state index contributed by atoms with van der Waals surface area (Å²) < 4.78 is 27.0. The highest BCUT2D eigenvalue weighted by Gasteiger charge is 2.18. The van der Waals surface area contributed by atoms with Crippen molar-refractivity contribution in [3.05, 3.63) is 34.8 Å². The molecule has 1 aliphatic heterocycles. The summed E-state index contributed by atoms with van der Waals surface area (Å²) in [6.07, 6.45) is 2.68. The van der Waals surface area contributed by atoms with Crippen LogP contribution < -0.4 is 15.4 Å². The molecule has 3 N–H and O–H groups in total. The van der Waals surface area contributed by atoms with Crippen LogP contribution in [0.5, 0.6) is 0 Å². The minimum atomic E-state index is -3.68. The maximum atomic E-state index is 12.3. The lowest BCUT2D eigenvalue weighted by atomic mass is 10.1. The van der Waals surface area contributed by atoms with E-state index in [-0.39, 0.29) is 4.90 Å². The van der Waals surface area contributed by atoms with Crippen molar-refractivity contribution in [2.24, 2.45) is 5.92 Å². The zero-order valence-corrected chi connectivity index (χ0v) is 14.6. The number of nitrogens with one attached hydrogen (secondary N) is 3. The molecule has 0 radical (unpaired) electrons. The van der Waals surface area contributed by atoms with Crippen LogP contribution >= 0.6 is 22.9 Å². The molecule has 1 aromatic carbocycles. The molecule has 1 atom stereocenters. The second-order valence-electron chi connectivity index (χ2n) is 5.32. The molecule has 124 valence electrons. The van der Waals surface area contributed by atoms with Crippen LogP contribution in [0.15, 0.2) is 34.7 Å². The van der Waals surface area contributed by atoms with Gasteiger partial charge in [0.2, 0.25) is 0 Å². The Morgan fingerprint density at radius 3 is 2.96 bits per heavy atom. The number of benzene rings is 1. The van der Waals surface area contributed by atoms with Gasteiger partial charge in [0, 0.05) is 18.1 Å². The first kappa shape index (κ1) is 16.5. The summed E-state index contributed by atoms with van der Waals surface area (Å²) >= 11 is 7.44. The molecule has 2 aromatic rings. The maximum Gasteiger partial charge on any atom is 0.263 e. The predicted molar refractivity (Wildman–Crippen MR) is 93.8 cm³/mol. The van der Waals surface area contributed by atoms with Crippen molar-refractivity contribution in [2.75, 3.05) is 29.7 Å². The smallest absolute Gasteiger partial charge is 0.263 e. The topological polar surface area (TPSA) is 83.1 Å². The second-order valence-corrected chi connectivity index (χ2v) is 8.31. The van der Waals surface area contributed by atoms with Gasteiger partial charge in [0.05, 0.1) is 15.6 Å². The molecule has 0 aliphatic carbocycles. The van der Waals surface area contributed by atoms with E-state index in [4.69, 9.17) is 11.6 Å². The predicted octanol–water partition coefficient (Wildman–Crippen LogP) is 2.62. The molecule has 0 saturated carbocycles. The molecule has 0 spiro atoms. The van der Waals surface area contributed by atoms with Crippen LogP contribution in [0.2, 0.25) is 5.02 Å². The largest absolute Gasteiger partial charge is 0.384 e. The number of rotatable bonds is 6. The molecule has 0 bridgehead atoms. The van der Waals surface area contributed by atoms with Gasteiger partial charge in [0.15, 0.2) is 5.13 Å². The highest BCUT2D eigenvalue weighted by atomic mass is 35.5. The highest BCUT2D eigenvalue weighted by molar-refractivity contribution is 7.93. The van der Waals surface area contributed by atoms with E-state index in [1.54, 1.807) is 17.6 Å². The Labute approximate surface area is 144 Å². The Balaban J connectivity index is 1.70.